The molecule has 8 heteroatoms. The molecular formula is C19H12Br2N2O3S. The normalized spacial score (nSPS) is 10.7. The number of benzene rings is 2. The summed E-state index contributed by atoms with van der Waals surface area (Å²) in [5.41, 5.74) is 3.42. The van der Waals surface area contributed by atoms with Gasteiger partial charge < -0.3 is 4.74 Å². The first-order chi connectivity index (χ1) is 13.0. The number of halogens is 2. The van der Waals surface area contributed by atoms with Gasteiger partial charge in [0.05, 0.1) is 16.7 Å². The Bertz CT molecular complexity index is 987. The first-order valence-corrected chi connectivity index (χ1v) is 10.1. The predicted octanol–water partition coefficient (Wildman–Crippen LogP) is 5.26. The average Bonchev–Trinajstić information content (AvgIpc) is 3.19. The summed E-state index contributed by atoms with van der Waals surface area (Å²) in [6, 6.07) is 15.5. The number of thiophene rings is 1. The van der Waals surface area contributed by atoms with E-state index in [-0.39, 0.29) is 5.91 Å². The van der Waals surface area contributed by atoms with Gasteiger partial charge in [0.25, 0.3) is 5.91 Å². The maximum Gasteiger partial charge on any atom is 0.343 e. The zero-order chi connectivity index (χ0) is 19.2. The van der Waals surface area contributed by atoms with Crippen LogP contribution in [0.4, 0.5) is 0 Å². The average molecular weight is 508 g/mol. The summed E-state index contributed by atoms with van der Waals surface area (Å²) < 4.78 is 7.14. The molecule has 0 saturated carbocycles. The number of ether oxygens (including phenoxy) is 1. The Hall–Kier alpha value is -2.29. The van der Waals surface area contributed by atoms with Crippen LogP contribution >= 0.6 is 43.2 Å². The molecule has 27 heavy (non-hydrogen) atoms. The zero-order valence-corrected chi connectivity index (χ0v) is 17.7. The third kappa shape index (κ3) is 5.35. The Morgan fingerprint density at radius 2 is 1.78 bits per heavy atom. The van der Waals surface area contributed by atoms with Crippen molar-refractivity contribution in [3.05, 3.63) is 84.9 Å². The highest BCUT2D eigenvalue weighted by Gasteiger charge is 2.12. The minimum Gasteiger partial charge on any atom is -0.422 e. The van der Waals surface area contributed by atoms with Gasteiger partial charge in [-0.1, -0.05) is 37.9 Å². The molecule has 0 saturated heterocycles. The second-order valence-corrected chi connectivity index (χ2v) is 8.03. The number of hydrazone groups is 1. The third-order valence-electron chi connectivity index (χ3n) is 3.37. The molecule has 0 unspecified atom stereocenters. The zero-order valence-electron chi connectivity index (χ0n) is 13.7. The minimum atomic E-state index is -0.484. The summed E-state index contributed by atoms with van der Waals surface area (Å²) in [6.45, 7) is 0. The van der Waals surface area contributed by atoms with Gasteiger partial charge in [-0.05, 0) is 53.9 Å². The van der Waals surface area contributed by atoms with Gasteiger partial charge in [0.15, 0.2) is 0 Å². The van der Waals surface area contributed by atoms with Crippen LogP contribution in [-0.2, 0) is 0 Å². The van der Waals surface area contributed by atoms with Gasteiger partial charge in [-0.25, -0.2) is 10.2 Å². The van der Waals surface area contributed by atoms with Crippen LogP contribution < -0.4 is 10.2 Å². The van der Waals surface area contributed by atoms with Crippen LogP contribution in [0.1, 0.15) is 25.6 Å². The highest BCUT2D eigenvalue weighted by molar-refractivity contribution is 9.10. The lowest BCUT2D eigenvalue weighted by Crippen LogP contribution is -2.16. The van der Waals surface area contributed by atoms with Gasteiger partial charge >= 0.3 is 5.97 Å². The summed E-state index contributed by atoms with van der Waals surface area (Å²) in [6.07, 6.45) is 1.43. The second kappa shape index (κ2) is 9.07. The molecular weight excluding hydrogens is 496 g/mol. The molecule has 0 radical (unpaired) electrons. The Labute approximate surface area is 176 Å². The van der Waals surface area contributed by atoms with Gasteiger partial charge in [0.2, 0.25) is 0 Å². The monoisotopic (exact) mass is 506 g/mol. The van der Waals surface area contributed by atoms with Crippen molar-refractivity contribution in [2.75, 3.05) is 0 Å². The standard InChI is InChI=1S/C19H12Br2N2O3S/c20-14-5-3-12(4-6-14)19(25)26-16-8-7-15(21)10-13(16)11-22-23-18(24)17-2-1-9-27-17/h1-11H,(H,23,24). The Balaban J connectivity index is 1.74. The van der Waals surface area contributed by atoms with E-state index in [9.17, 15) is 9.59 Å². The Morgan fingerprint density at radius 1 is 1.04 bits per heavy atom. The molecule has 5 nitrogen and oxygen atoms in total. The molecule has 0 fully saturated rings. The second-order valence-electron chi connectivity index (χ2n) is 5.25. The molecule has 1 N–H and O–H groups in total. The number of carbonyl (C=O) groups excluding carboxylic acids is 2. The molecule has 1 heterocycles. The number of carbonyl (C=O) groups is 2. The fourth-order valence-electron chi connectivity index (χ4n) is 2.08. The van der Waals surface area contributed by atoms with E-state index in [0.29, 0.717) is 21.8 Å². The van der Waals surface area contributed by atoms with Gasteiger partial charge in [0, 0.05) is 14.5 Å². The van der Waals surface area contributed by atoms with Crippen molar-refractivity contribution < 1.29 is 14.3 Å². The molecule has 0 bridgehead atoms. The third-order valence-corrected chi connectivity index (χ3v) is 5.26. The molecule has 1 aromatic heterocycles. The number of hydrogen-bond donors (Lipinski definition) is 1. The summed E-state index contributed by atoms with van der Waals surface area (Å²) in [5.74, 6) is -0.452. The van der Waals surface area contributed by atoms with E-state index in [4.69, 9.17) is 4.74 Å². The molecule has 136 valence electrons. The number of nitrogens with zero attached hydrogens (tertiary/aromatic N) is 1. The summed E-state index contributed by atoms with van der Waals surface area (Å²) in [5, 5.41) is 5.77. The molecule has 3 rings (SSSR count). The number of rotatable bonds is 5. The lowest BCUT2D eigenvalue weighted by molar-refractivity contribution is 0.0734. The maximum absolute atomic E-state index is 12.3. The lowest BCUT2D eigenvalue weighted by atomic mass is 10.2. The van der Waals surface area contributed by atoms with Crippen molar-refractivity contribution in [1.82, 2.24) is 5.43 Å². The minimum absolute atomic E-state index is 0.301. The molecule has 3 aromatic rings. The van der Waals surface area contributed by atoms with Crippen molar-refractivity contribution in [1.29, 1.82) is 0 Å². The van der Waals surface area contributed by atoms with Crippen LogP contribution in [0.5, 0.6) is 5.75 Å². The summed E-state index contributed by atoms with van der Waals surface area (Å²) >= 11 is 8.03. The van der Waals surface area contributed by atoms with Gasteiger partial charge in [0.1, 0.15) is 5.75 Å². The molecule has 0 aliphatic heterocycles. The summed E-state index contributed by atoms with van der Waals surface area (Å²) in [7, 11) is 0. The SMILES string of the molecule is O=C(Oc1ccc(Br)cc1C=NNC(=O)c1cccs1)c1ccc(Br)cc1. The maximum atomic E-state index is 12.3. The summed E-state index contributed by atoms with van der Waals surface area (Å²) in [4.78, 5) is 24.8. The number of amides is 1. The molecule has 0 aliphatic rings. The van der Waals surface area contributed by atoms with E-state index in [0.717, 1.165) is 8.95 Å². The van der Waals surface area contributed by atoms with Crippen molar-refractivity contribution in [2.45, 2.75) is 0 Å². The quantitative estimate of drug-likeness (QED) is 0.222. The van der Waals surface area contributed by atoms with E-state index >= 15 is 0 Å². The van der Waals surface area contributed by atoms with Gasteiger partial charge in [-0.2, -0.15) is 5.10 Å². The molecule has 0 aliphatic carbocycles. The molecule has 2 aromatic carbocycles. The molecule has 0 spiro atoms. The van der Waals surface area contributed by atoms with E-state index in [2.05, 4.69) is 42.4 Å². The molecule has 1 amide bonds. The molecule has 0 atom stereocenters. The van der Waals surface area contributed by atoms with E-state index in [1.54, 1.807) is 54.6 Å². The first-order valence-electron chi connectivity index (χ1n) is 7.67. The Kier molecular flexibility index (Phi) is 6.54. The van der Waals surface area contributed by atoms with Gasteiger partial charge in [-0.15, -0.1) is 11.3 Å². The van der Waals surface area contributed by atoms with Crippen LogP contribution in [0.15, 0.2) is 74.0 Å². The number of esters is 1. The fraction of sp³-hybridized carbons (Fsp3) is 0. The van der Waals surface area contributed by atoms with Crippen molar-refractivity contribution >= 4 is 61.3 Å². The van der Waals surface area contributed by atoms with Gasteiger partial charge in [-0.3, -0.25) is 4.79 Å². The van der Waals surface area contributed by atoms with Crippen LogP contribution in [0.2, 0.25) is 0 Å². The number of nitrogens with one attached hydrogen (secondary N) is 1. The smallest absolute Gasteiger partial charge is 0.343 e. The van der Waals surface area contributed by atoms with Crippen LogP contribution in [0.25, 0.3) is 0 Å². The first kappa shape index (κ1) is 19.5. The predicted molar refractivity (Wildman–Crippen MR) is 113 cm³/mol. The largest absolute Gasteiger partial charge is 0.422 e. The Morgan fingerprint density at radius 3 is 2.48 bits per heavy atom. The topological polar surface area (TPSA) is 67.8 Å². The van der Waals surface area contributed by atoms with Crippen molar-refractivity contribution in [2.24, 2.45) is 5.10 Å². The van der Waals surface area contributed by atoms with E-state index < -0.39 is 5.97 Å². The van der Waals surface area contributed by atoms with Crippen molar-refractivity contribution in [3.8, 4) is 5.75 Å². The highest BCUT2D eigenvalue weighted by Crippen LogP contribution is 2.23. The van der Waals surface area contributed by atoms with E-state index in [1.807, 2.05) is 5.38 Å². The fourth-order valence-corrected chi connectivity index (χ4v) is 3.34. The number of hydrogen-bond acceptors (Lipinski definition) is 5. The van der Waals surface area contributed by atoms with Crippen LogP contribution in [0.3, 0.4) is 0 Å². The van der Waals surface area contributed by atoms with E-state index in [1.165, 1.54) is 17.6 Å². The lowest BCUT2D eigenvalue weighted by Gasteiger charge is -2.08. The van der Waals surface area contributed by atoms with Crippen LogP contribution in [0, 0.1) is 0 Å². The van der Waals surface area contributed by atoms with Crippen LogP contribution in [-0.4, -0.2) is 18.1 Å². The highest BCUT2D eigenvalue weighted by atomic mass is 79.9. The van der Waals surface area contributed by atoms with Crippen molar-refractivity contribution in [3.63, 3.8) is 0 Å².